The zero-order valence-corrected chi connectivity index (χ0v) is 13.6. The third kappa shape index (κ3) is 3.95. The van der Waals surface area contributed by atoms with Gasteiger partial charge in [-0.15, -0.1) is 0 Å². The van der Waals surface area contributed by atoms with Crippen molar-refractivity contribution in [2.75, 3.05) is 32.6 Å². The molecule has 8 nitrogen and oxygen atoms in total. The summed E-state index contributed by atoms with van der Waals surface area (Å²) in [4.78, 5) is 36.8. The Kier molecular flexibility index (Phi) is 5.62. The number of nitrogens with one attached hydrogen (secondary N) is 1. The van der Waals surface area contributed by atoms with Gasteiger partial charge in [0.05, 0.1) is 31.4 Å². The summed E-state index contributed by atoms with van der Waals surface area (Å²) in [6.45, 7) is 0.615. The number of rotatable bonds is 4. The Morgan fingerprint density at radius 2 is 2.04 bits per heavy atom. The van der Waals surface area contributed by atoms with Crippen LogP contribution in [0.4, 0.5) is 10.5 Å². The lowest BCUT2D eigenvalue weighted by Gasteiger charge is -2.30. The summed E-state index contributed by atoms with van der Waals surface area (Å²) in [5.41, 5.74) is 0.446. The Bertz CT molecular complexity index is 645. The minimum absolute atomic E-state index is 0.144. The Hall–Kier alpha value is -2.77. The number of methoxy groups -OCH3 is 2. The predicted octanol–water partition coefficient (Wildman–Crippen LogP) is 1.81. The van der Waals surface area contributed by atoms with Crippen LogP contribution in [0.1, 0.15) is 23.2 Å². The number of urea groups is 1. The van der Waals surface area contributed by atoms with Gasteiger partial charge in [0.25, 0.3) is 0 Å². The maximum Gasteiger partial charge on any atom is 0.340 e. The van der Waals surface area contributed by atoms with Crippen LogP contribution >= 0.6 is 0 Å². The summed E-state index contributed by atoms with van der Waals surface area (Å²) >= 11 is 0. The van der Waals surface area contributed by atoms with Gasteiger partial charge in [0.1, 0.15) is 5.75 Å². The molecule has 0 radical (unpaired) electrons. The van der Waals surface area contributed by atoms with E-state index in [1.807, 2.05) is 0 Å². The summed E-state index contributed by atoms with van der Waals surface area (Å²) < 4.78 is 9.78. The van der Waals surface area contributed by atoms with Gasteiger partial charge in [0.15, 0.2) is 0 Å². The molecular weight excluding hydrogens is 316 g/mol. The molecule has 0 spiro atoms. The van der Waals surface area contributed by atoms with Gasteiger partial charge in [-0.2, -0.15) is 0 Å². The number of carbonyl (C=O) groups is 3. The lowest BCUT2D eigenvalue weighted by molar-refractivity contribution is -0.143. The highest BCUT2D eigenvalue weighted by molar-refractivity contribution is 6.01. The molecule has 1 saturated heterocycles. The topological polar surface area (TPSA) is 105 Å². The molecule has 1 heterocycles. The van der Waals surface area contributed by atoms with E-state index in [2.05, 4.69) is 5.32 Å². The number of aliphatic carboxylic acids is 1. The Morgan fingerprint density at radius 3 is 2.67 bits per heavy atom. The smallest absolute Gasteiger partial charge is 0.340 e. The van der Waals surface area contributed by atoms with Gasteiger partial charge in [-0.1, -0.05) is 0 Å². The molecule has 1 aliphatic heterocycles. The first-order valence-electron chi connectivity index (χ1n) is 7.51. The third-order valence-electron chi connectivity index (χ3n) is 3.93. The first kappa shape index (κ1) is 17.6. The van der Waals surface area contributed by atoms with Crippen LogP contribution in [0.5, 0.6) is 5.75 Å². The largest absolute Gasteiger partial charge is 0.497 e. The van der Waals surface area contributed by atoms with Crippen LogP contribution in [-0.4, -0.2) is 55.3 Å². The number of likely N-dealkylation sites (tertiary alicyclic amines) is 1. The number of amides is 2. The van der Waals surface area contributed by atoms with E-state index in [4.69, 9.17) is 14.6 Å². The van der Waals surface area contributed by atoms with Crippen molar-refractivity contribution in [1.29, 1.82) is 0 Å². The second-order valence-corrected chi connectivity index (χ2v) is 5.46. The number of anilines is 1. The molecule has 0 aliphatic carbocycles. The predicted molar refractivity (Wildman–Crippen MR) is 85.3 cm³/mol. The highest BCUT2D eigenvalue weighted by atomic mass is 16.5. The van der Waals surface area contributed by atoms with E-state index in [-0.39, 0.29) is 17.8 Å². The van der Waals surface area contributed by atoms with Crippen molar-refractivity contribution in [2.24, 2.45) is 5.92 Å². The third-order valence-corrected chi connectivity index (χ3v) is 3.93. The number of hydrogen-bond acceptors (Lipinski definition) is 5. The number of ether oxygens (including phenoxy) is 2. The highest BCUT2D eigenvalue weighted by Crippen LogP contribution is 2.24. The van der Waals surface area contributed by atoms with Gasteiger partial charge in [-0.3, -0.25) is 4.79 Å². The molecule has 1 aromatic carbocycles. The fraction of sp³-hybridized carbons (Fsp3) is 0.438. The lowest BCUT2D eigenvalue weighted by atomic mass is 9.99. The van der Waals surface area contributed by atoms with Crippen molar-refractivity contribution in [3.05, 3.63) is 23.8 Å². The molecule has 1 unspecified atom stereocenters. The Balaban J connectivity index is 2.16. The number of carboxylic acid groups (broad SMARTS) is 1. The van der Waals surface area contributed by atoms with Gasteiger partial charge in [0.2, 0.25) is 0 Å². The molecule has 130 valence electrons. The molecule has 8 heteroatoms. The number of carbonyl (C=O) groups excluding carboxylic acids is 2. The van der Waals surface area contributed by atoms with Gasteiger partial charge < -0.3 is 24.8 Å². The number of nitrogens with zero attached hydrogens (tertiary/aromatic N) is 1. The number of carboxylic acids is 1. The quantitative estimate of drug-likeness (QED) is 0.813. The summed E-state index contributed by atoms with van der Waals surface area (Å²) in [7, 11) is 2.71. The van der Waals surface area contributed by atoms with E-state index in [1.165, 1.54) is 25.2 Å². The molecule has 2 rings (SSSR count). The molecule has 1 aromatic rings. The second-order valence-electron chi connectivity index (χ2n) is 5.46. The molecule has 0 saturated carbocycles. The zero-order valence-electron chi connectivity index (χ0n) is 13.6. The second kappa shape index (κ2) is 7.67. The van der Waals surface area contributed by atoms with Gasteiger partial charge >= 0.3 is 18.0 Å². The number of esters is 1. The van der Waals surface area contributed by atoms with E-state index in [0.717, 1.165) is 0 Å². The summed E-state index contributed by atoms with van der Waals surface area (Å²) in [5, 5.41) is 11.7. The van der Waals surface area contributed by atoms with E-state index in [0.29, 0.717) is 25.1 Å². The molecule has 1 fully saturated rings. The van der Waals surface area contributed by atoms with Crippen molar-refractivity contribution < 1.29 is 29.0 Å². The lowest BCUT2D eigenvalue weighted by Crippen LogP contribution is -2.44. The Labute approximate surface area is 139 Å². The first-order chi connectivity index (χ1) is 11.5. The zero-order chi connectivity index (χ0) is 17.7. The average Bonchev–Trinajstić information content (AvgIpc) is 2.61. The van der Waals surface area contributed by atoms with Crippen LogP contribution in [-0.2, 0) is 9.53 Å². The van der Waals surface area contributed by atoms with Gasteiger partial charge in [-0.05, 0) is 31.0 Å². The van der Waals surface area contributed by atoms with Crippen LogP contribution in [0, 0.1) is 5.92 Å². The van der Waals surface area contributed by atoms with Crippen LogP contribution < -0.4 is 10.1 Å². The summed E-state index contributed by atoms with van der Waals surface area (Å²) in [5.74, 6) is -1.63. The molecule has 2 N–H and O–H groups in total. The fourth-order valence-corrected chi connectivity index (χ4v) is 2.60. The highest BCUT2D eigenvalue weighted by Gasteiger charge is 2.28. The van der Waals surface area contributed by atoms with Crippen molar-refractivity contribution in [2.45, 2.75) is 12.8 Å². The van der Waals surface area contributed by atoms with Crippen LogP contribution in [0.3, 0.4) is 0 Å². The molecule has 1 atom stereocenters. The van der Waals surface area contributed by atoms with Crippen molar-refractivity contribution in [3.8, 4) is 5.75 Å². The van der Waals surface area contributed by atoms with Crippen LogP contribution in [0.25, 0.3) is 0 Å². The maximum atomic E-state index is 12.4. The van der Waals surface area contributed by atoms with Crippen molar-refractivity contribution >= 4 is 23.7 Å². The average molecular weight is 336 g/mol. The van der Waals surface area contributed by atoms with E-state index in [1.54, 1.807) is 12.1 Å². The molecule has 1 aliphatic rings. The van der Waals surface area contributed by atoms with Crippen LogP contribution in [0.15, 0.2) is 18.2 Å². The first-order valence-corrected chi connectivity index (χ1v) is 7.51. The number of hydrogen-bond donors (Lipinski definition) is 2. The fourth-order valence-electron chi connectivity index (χ4n) is 2.60. The van der Waals surface area contributed by atoms with Gasteiger partial charge in [-0.25, -0.2) is 9.59 Å². The van der Waals surface area contributed by atoms with Crippen molar-refractivity contribution in [1.82, 2.24) is 4.90 Å². The van der Waals surface area contributed by atoms with E-state index in [9.17, 15) is 14.4 Å². The summed E-state index contributed by atoms with van der Waals surface area (Å²) in [6.07, 6.45) is 1.17. The molecule has 0 bridgehead atoms. The monoisotopic (exact) mass is 336 g/mol. The SMILES string of the molecule is COC(=O)c1cc(OC)ccc1NC(=O)N1CCCC(C(=O)O)C1. The van der Waals surface area contributed by atoms with Crippen LogP contribution in [0.2, 0.25) is 0 Å². The molecule has 2 amide bonds. The van der Waals surface area contributed by atoms with Crippen molar-refractivity contribution in [3.63, 3.8) is 0 Å². The number of benzene rings is 1. The minimum atomic E-state index is -0.910. The van der Waals surface area contributed by atoms with E-state index < -0.39 is 23.9 Å². The number of piperidine rings is 1. The summed E-state index contributed by atoms with van der Waals surface area (Å²) in [6, 6.07) is 4.17. The maximum absolute atomic E-state index is 12.4. The molecular formula is C16H20N2O6. The Morgan fingerprint density at radius 1 is 1.29 bits per heavy atom. The molecule has 0 aromatic heterocycles. The standard InChI is InChI=1S/C16H20N2O6/c1-23-11-5-6-13(12(8-11)15(21)24-2)17-16(22)18-7-3-4-10(9-18)14(19)20/h5-6,8,10H,3-4,7,9H2,1-2H3,(H,17,22)(H,19,20). The normalized spacial score (nSPS) is 17.1. The van der Waals surface area contributed by atoms with Gasteiger partial charge in [0, 0.05) is 13.1 Å². The van der Waals surface area contributed by atoms with E-state index >= 15 is 0 Å². The minimum Gasteiger partial charge on any atom is -0.497 e. The molecule has 24 heavy (non-hydrogen) atoms.